The number of likely N-dealkylation sites (tertiary alicyclic amines) is 1. The van der Waals surface area contributed by atoms with Gasteiger partial charge in [-0.25, -0.2) is 9.59 Å². The van der Waals surface area contributed by atoms with E-state index in [4.69, 9.17) is 0 Å². The average Bonchev–Trinajstić information content (AvgIpc) is 3.11. The van der Waals surface area contributed by atoms with Gasteiger partial charge in [-0.3, -0.25) is 0 Å². The number of hydrogen-bond donors (Lipinski definition) is 1. The topological polar surface area (TPSA) is 55.9 Å². The molecule has 2 aliphatic rings. The van der Waals surface area contributed by atoms with E-state index in [2.05, 4.69) is 23.5 Å². The summed E-state index contributed by atoms with van der Waals surface area (Å²) in [6, 6.07) is 16.4. The van der Waals surface area contributed by atoms with Crippen molar-refractivity contribution in [1.29, 1.82) is 0 Å². The first-order valence-corrected chi connectivity index (χ1v) is 10.7. The highest BCUT2D eigenvalue weighted by molar-refractivity contribution is 5.90. The van der Waals surface area contributed by atoms with E-state index >= 15 is 0 Å². The summed E-state index contributed by atoms with van der Waals surface area (Å²) in [6.07, 6.45) is 1.65. The number of nitrogens with one attached hydrogen (secondary N) is 1. The van der Waals surface area contributed by atoms with E-state index in [1.54, 1.807) is 0 Å². The molecule has 2 saturated heterocycles. The van der Waals surface area contributed by atoms with Crippen molar-refractivity contribution in [2.24, 2.45) is 0 Å². The predicted molar refractivity (Wildman–Crippen MR) is 118 cm³/mol. The summed E-state index contributed by atoms with van der Waals surface area (Å²) in [6.45, 7) is 7.59. The average molecular weight is 407 g/mol. The van der Waals surface area contributed by atoms with Crippen molar-refractivity contribution in [3.05, 3.63) is 65.2 Å². The van der Waals surface area contributed by atoms with Gasteiger partial charge >= 0.3 is 12.1 Å². The second-order valence-corrected chi connectivity index (χ2v) is 8.35. The van der Waals surface area contributed by atoms with Crippen molar-refractivity contribution < 1.29 is 9.59 Å². The molecule has 0 radical (unpaired) electrons. The van der Waals surface area contributed by atoms with E-state index in [0.717, 1.165) is 42.7 Å². The second-order valence-electron chi connectivity index (χ2n) is 8.35. The number of anilines is 1. The SMILES string of the molecule is Cc1ccc(NC(=O)N2CCC(N3CCN(Cc4ccccc4)C3=O)CC2)c(C)c1. The summed E-state index contributed by atoms with van der Waals surface area (Å²) in [5.41, 5.74) is 4.27. The quantitative estimate of drug-likeness (QED) is 0.826. The van der Waals surface area contributed by atoms with Crippen LogP contribution in [0.4, 0.5) is 15.3 Å². The highest BCUT2D eigenvalue weighted by atomic mass is 16.2. The Bertz CT molecular complexity index is 907. The van der Waals surface area contributed by atoms with Gasteiger partial charge in [0, 0.05) is 44.5 Å². The highest BCUT2D eigenvalue weighted by Crippen LogP contribution is 2.24. The number of hydrogen-bond acceptors (Lipinski definition) is 2. The molecule has 0 atom stereocenters. The summed E-state index contributed by atoms with van der Waals surface area (Å²) in [4.78, 5) is 31.4. The summed E-state index contributed by atoms with van der Waals surface area (Å²) in [5.74, 6) is 0. The van der Waals surface area contributed by atoms with E-state index in [1.165, 1.54) is 5.56 Å². The Morgan fingerprint density at radius 3 is 2.43 bits per heavy atom. The fourth-order valence-electron chi connectivity index (χ4n) is 4.42. The lowest BCUT2D eigenvalue weighted by Crippen LogP contribution is -2.49. The number of nitrogens with zero attached hydrogens (tertiary/aromatic N) is 3. The zero-order valence-electron chi connectivity index (χ0n) is 17.8. The number of rotatable bonds is 4. The van der Waals surface area contributed by atoms with Gasteiger partial charge in [-0.05, 0) is 43.9 Å². The Balaban J connectivity index is 1.29. The molecule has 0 spiro atoms. The fraction of sp³-hybridized carbons (Fsp3) is 0.417. The summed E-state index contributed by atoms with van der Waals surface area (Å²) in [7, 11) is 0. The summed E-state index contributed by atoms with van der Waals surface area (Å²) >= 11 is 0. The molecule has 158 valence electrons. The molecule has 0 bridgehead atoms. The minimum absolute atomic E-state index is 0.0566. The van der Waals surface area contributed by atoms with E-state index in [9.17, 15) is 9.59 Å². The van der Waals surface area contributed by atoms with Crippen molar-refractivity contribution in [1.82, 2.24) is 14.7 Å². The van der Waals surface area contributed by atoms with Gasteiger partial charge in [0.05, 0.1) is 0 Å². The number of benzene rings is 2. The van der Waals surface area contributed by atoms with Gasteiger partial charge in [0.15, 0.2) is 0 Å². The maximum absolute atomic E-state index is 12.9. The Morgan fingerprint density at radius 2 is 1.73 bits per heavy atom. The molecule has 0 saturated carbocycles. The highest BCUT2D eigenvalue weighted by Gasteiger charge is 2.36. The van der Waals surface area contributed by atoms with Gasteiger partial charge in [-0.1, -0.05) is 48.0 Å². The number of piperidine rings is 1. The molecule has 2 heterocycles. The minimum Gasteiger partial charge on any atom is -0.324 e. The second kappa shape index (κ2) is 8.78. The monoisotopic (exact) mass is 406 g/mol. The Kier molecular flexibility index (Phi) is 5.93. The molecule has 0 aromatic heterocycles. The first-order chi connectivity index (χ1) is 14.5. The third-order valence-electron chi connectivity index (χ3n) is 6.16. The van der Waals surface area contributed by atoms with Crippen molar-refractivity contribution >= 4 is 17.7 Å². The fourth-order valence-corrected chi connectivity index (χ4v) is 4.42. The van der Waals surface area contributed by atoms with Crippen molar-refractivity contribution in [3.8, 4) is 0 Å². The molecule has 6 nitrogen and oxygen atoms in total. The minimum atomic E-state index is -0.0566. The molecule has 2 aromatic carbocycles. The van der Waals surface area contributed by atoms with Crippen LogP contribution in [0.5, 0.6) is 0 Å². The smallest absolute Gasteiger partial charge is 0.321 e. The van der Waals surface area contributed by atoms with Crippen LogP contribution in [-0.4, -0.2) is 59.0 Å². The molecular formula is C24H30N4O2. The number of amides is 4. The first kappa shape index (κ1) is 20.3. The Morgan fingerprint density at radius 1 is 1.00 bits per heavy atom. The van der Waals surface area contributed by atoms with Crippen molar-refractivity contribution in [3.63, 3.8) is 0 Å². The normalized spacial score (nSPS) is 17.5. The van der Waals surface area contributed by atoms with E-state index in [0.29, 0.717) is 19.6 Å². The van der Waals surface area contributed by atoms with Crippen LogP contribution in [0.15, 0.2) is 48.5 Å². The third kappa shape index (κ3) is 4.42. The molecule has 6 heteroatoms. The van der Waals surface area contributed by atoms with Gasteiger partial charge in [-0.15, -0.1) is 0 Å². The van der Waals surface area contributed by atoms with Gasteiger partial charge in [0.2, 0.25) is 0 Å². The largest absolute Gasteiger partial charge is 0.324 e. The van der Waals surface area contributed by atoms with Gasteiger partial charge in [-0.2, -0.15) is 0 Å². The standard InChI is InChI=1S/C24H30N4O2/c1-18-8-9-22(19(2)16-18)25-23(29)26-12-10-21(11-13-26)28-15-14-27(24(28)30)17-20-6-4-3-5-7-20/h3-9,16,21H,10-15,17H2,1-2H3,(H,25,29). The van der Waals surface area contributed by atoms with Crippen LogP contribution < -0.4 is 5.32 Å². The molecule has 30 heavy (non-hydrogen) atoms. The molecule has 0 unspecified atom stereocenters. The summed E-state index contributed by atoms with van der Waals surface area (Å²) < 4.78 is 0. The van der Waals surface area contributed by atoms with E-state index in [1.807, 2.05) is 58.9 Å². The van der Waals surface area contributed by atoms with Crippen LogP contribution >= 0.6 is 0 Å². The van der Waals surface area contributed by atoms with Gasteiger partial charge in [0.1, 0.15) is 0 Å². The van der Waals surface area contributed by atoms with Crippen molar-refractivity contribution in [2.75, 3.05) is 31.5 Å². The molecule has 4 amide bonds. The van der Waals surface area contributed by atoms with E-state index in [-0.39, 0.29) is 18.1 Å². The van der Waals surface area contributed by atoms with Crippen LogP contribution in [0, 0.1) is 13.8 Å². The zero-order valence-corrected chi connectivity index (χ0v) is 17.8. The lowest BCUT2D eigenvalue weighted by atomic mass is 10.0. The number of urea groups is 2. The van der Waals surface area contributed by atoms with Crippen LogP contribution in [0.25, 0.3) is 0 Å². The third-order valence-corrected chi connectivity index (χ3v) is 6.16. The molecule has 2 fully saturated rings. The van der Waals surface area contributed by atoms with Crippen molar-refractivity contribution in [2.45, 2.75) is 39.3 Å². The molecule has 2 aliphatic heterocycles. The lowest BCUT2D eigenvalue weighted by Gasteiger charge is -2.36. The molecule has 4 rings (SSSR count). The lowest BCUT2D eigenvalue weighted by molar-refractivity contribution is 0.139. The summed E-state index contributed by atoms with van der Waals surface area (Å²) in [5, 5.41) is 3.03. The molecule has 1 N–H and O–H groups in total. The predicted octanol–water partition coefficient (Wildman–Crippen LogP) is 4.24. The van der Waals surface area contributed by atoms with Crippen LogP contribution in [-0.2, 0) is 6.54 Å². The number of carbonyl (C=O) groups is 2. The molecule has 0 aliphatic carbocycles. The first-order valence-electron chi connectivity index (χ1n) is 10.7. The molecular weight excluding hydrogens is 376 g/mol. The Hall–Kier alpha value is -3.02. The maximum atomic E-state index is 12.9. The van der Waals surface area contributed by atoms with Crippen LogP contribution in [0.2, 0.25) is 0 Å². The maximum Gasteiger partial charge on any atom is 0.321 e. The molecule has 2 aromatic rings. The Labute approximate surface area is 178 Å². The number of carbonyl (C=O) groups excluding carboxylic acids is 2. The number of aryl methyl sites for hydroxylation is 2. The van der Waals surface area contributed by atoms with Crippen LogP contribution in [0.3, 0.4) is 0 Å². The van der Waals surface area contributed by atoms with E-state index < -0.39 is 0 Å². The van der Waals surface area contributed by atoms with Gasteiger partial charge < -0.3 is 20.0 Å². The van der Waals surface area contributed by atoms with Crippen LogP contribution in [0.1, 0.15) is 29.5 Å². The zero-order chi connectivity index (χ0) is 21.1. The van der Waals surface area contributed by atoms with Gasteiger partial charge in [0.25, 0.3) is 0 Å².